The second-order valence-corrected chi connectivity index (χ2v) is 9.53. The third-order valence-electron chi connectivity index (χ3n) is 5.42. The van der Waals surface area contributed by atoms with Crippen LogP contribution in [0.1, 0.15) is 18.4 Å². The summed E-state index contributed by atoms with van der Waals surface area (Å²) in [6.07, 6.45) is 2.92. The Balaban J connectivity index is 1.45. The fourth-order valence-electron chi connectivity index (χ4n) is 3.71. The Morgan fingerprint density at radius 2 is 2.04 bits per heavy atom. The minimum atomic E-state index is -2.88. The van der Waals surface area contributed by atoms with Crippen molar-refractivity contribution in [1.82, 2.24) is 14.8 Å². The number of rotatable bonds is 5. The maximum absolute atomic E-state index is 12.5. The first-order valence-corrected chi connectivity index (χ1v) is 11.0. The topological polar surface area (TPSA) is 73.8 Å². The fraction of sp³-hybridized carbons (Fsp3) is 0.667. The third kappa shape index (κ3) is 4.54. The number of amides is 1. The van der Waals surface area contributed by atoms with E-state index in [0.29, 0.717) is 32.5 Å². The smallest absolute Gasteiger partial charge is 0.223 e. The molecule has 8 heteroatoms. The standard InChI is InChI=1S/C18H28N4O3S/c1-15-4-3-7-19-18(15)22-11-9-21(10-12-22)17(23)5-8-20(2)16-6-13-26(24,25)14-16/h3-4,7,16H,5-6,8-14H2,1-2H3. The monoisotopic (exact) mass is 380 g/mol. The van der Waals surface area contributed by atoms with Crippen molar-refractivity contribution < 1.29 is 13.2 Å². The Bertz CT molecular complexity index is 745. The molecule has 2 aliphatic rings. The molecule has 0 radical (unpaired) electrons. The van der Waals surface area contributed by atoms with E-state index in [2.05, 4.69) is 22.9 Å². The van der Waals surface area contributed by atoms with Gasteiger partial charge in [0.05, 0.1) is 11.5 Å². The van der Waals surface area contributed by atoms with Gasteiger partial charge in [-0.2, -0.15) is 0 Å². The van der Waals surface area contributed by atoms with Gasteiger partial charge < -0.3 is 14.7 Å². The van der Waals surface area contributed by atoms with Gasteiger partial charge in [0.25, 0.3) is 0 Å². The van der Waals surface area contributed by atoms with E-state index in [4.69, 9.17) is 0 Å². The number of hydrogen-bond donors (Lipinski definition) is 0. The first-order chi connectivity index (χ1) is 12.4. The summed E-state index contributed by atoms with van der Waals surface area (Å²) in [5.41, 5.74) is 1.15. The summed E-state index contributed by atoms with van der Waals surface area (Å²) in [7, 11) is -0.967. The van der Waals surface area contributed by atoms with Gasteiger partial charge in [0.2, 0.25) is 5.91 Å². The Hall–Kier alpha value is -1.67. The highest BCUT2D eigenvalue weighted by molar-refractivity contribution is 7.91. The molecule has 2 fully saturated rings. The lowest BCUT2D eigenvalue weighted by atomic mass is 10.2. The molecule has 0 bridgehead atoms. The zero-order chi connectivity index (χ0) is 18.7. The number of sulfone groups is 1. The van der Waals surface area contributed by atoms with E-state index in [9.17, 15) is 13.2 Å². The maximum atomic E-state index is 12.5. The zero-order valence-corrected chi connectivity index (χ0v) is 16.4. The Kier molecular flexibility index (Phi) is 5.82. The molecule has 144 valence electrons. The van der Waals surface area contributed by atoms with E-state index >= 15 is 0 Å². The summed E-state index contributed by atoms with van der Waals surface area (Å²) in [6, 6.07) is 4.04. The Labute approximate surface area is 155 Å². The van der Waals surface area contributed by atoms with Crippen molar-refractivity contribution in [2.45, 2.75) is 25.8 Å². The summed E-state index contributed by atoms with van der Waals surface area (Å²) in [5.74, 6) is 1.64. The number of aromatic nitrogens is 1. The molecule has 0 N–H and O–H groups in total. The van der Waals surface area contributed by atoms with E-state index in [1.807, 2.05) is 22.9 Å². The van der Waals surface area contributed by atoms with Crippen LogP contribution < -0.4 is 4.90 Å². The van der Waals surface area contributed by atoms with Gasteiger partial charge in [0, 0.05) is 51.4 Å². The van der Waals surface area contributed by atoms with Crippen LogP contribution in [0.4, 0.5) is 5.82 Å². The van der Waals surface area contributed by atoms with E-state index in [-0.39, 0.29) is 23.5 Å². The lowest BCUT2D eigenvalue weighted by molar-refractivity contribution is -0.131. The number of hydrogen-bond acceptors (Lipinski definition) is 6. The maximum Gasteiger partial charge on any atom is 0.223 e. The lowest BCUT2D eigenvalue weighted by Crippen LogP contribution is -2.49. The largest absolute Gasteiger partial charge is 0.353 e. The fourth-order valence-corrected chi connectivity index (χ4v) is 5.52. The van der Waals surface area contributed by atoms with Crippen molar-refractivity contribution >= 4 is 21.6 Å². The summed E-state index contributed by atoms with van der Waals surface area (Å²) < 4.78 is 23.2. The van der Waals surface area contributed by atoms with Crippen LogP contribution in [0.3, 0.4) is 0 Å². The van der Waals surface area contributed by atoms with E-state index in [0.717, 1.165) is 24.5 Å². The number of pyridine rings is 1. The number of nitrogens with zero attached hydrogens (tertiary/aromatic N) is 4. The highest BCUT2D eigenvalue weighted by Crippen LogP contribution is 2.19. The lowest BCUT2D eigenvalue weighted by Gasteiger charge is -2.36. The third-order valence-corrected chi connectivity index (χ3v) is 7.17. The van der Waals surface area contributed by atoms with Crippen LogP contribution in [0, 0.1) is 6.92 Å². The van der Waals surface area contributed by atoms with Crippen molar-refractivity contribution in [2.75, 3.05) is 56.2 Å². The van der Waals surface area contributed by atoms with E-state index in [1.54, 1.807) is 6.20 Å². The predicted molar refractivity (Wildman–Crippen MR) is 102 cm³/mol. The molecule has 0 spiro atoms. The van der Waals surface area contributed by atoms with Crippen LogP contribution in [-0.4, -0.2) is 86.4 Å². The molecule has 0 saturated carbocycles. The first-order valence-electron chi connectivity index (χ1n) is 9.21. The van der Waals surface area contributed by atoms with Crippen molar-refractivity contribution in [3.05, 3.63) is 23.9 Å². The SMILES string of the molecule is Cc1cccnc1N1CCN(C(=O)CCN(C)C2CCS(=O)(=O)C2)CC1. The summed E-state index contributed by atoms with van der Waals surface area (Å²) >= 11 is 0. The summed E-state index contributed by atoms with van der Waals surface area (Å²) in [6.45, 7) is 5.66. The molecule has 1 aromatic rings. The number of aryl methyl sites for hydroxylation is 1. The first kappa shape index (κ1) is 19.1. The van der Waals surface area contributed by atoms with Gasteiger partial charge in [0.15, 0.2) is 9.84 Å². The molecule has 1 atom stereocenters. The van der Waals surface area contributed by atoms with Gasteiger partial charge in [-0.1, -0.05) is 6.07 Å². The predicted octanol–water partition coefficient (Wildman–Crippen LogP) is 0.548. The number of anilines is 1. The molecule has 1 unspecified atom stereocenters. The van der Waals surface area contributed by atoms with Crippen molar-refractivity contribution in [2.24, 2.45) is 0 Å². The molecular formula is C18H28N4O3S. The van der Waals surface area contributed by atoms with Crippen LogP contribution >= 0.6 is 0 Å². The molecule has 0 aliphatic carbocycles. The second-order valence-electron chi connectivity index (χ2n) is 7.30. The molecule has 0 aromatic carbocycles. The van der Waals surface area contributed by atoms with Gasteiger partial charge in [-0.3, -0.25) is 4.79 Å². The molecule has 1 amide bonds. The van der Waals surface area contributed by atoms with Gasteiger partial charge >= 0.3 is 0 Å². The van der Waals surface area contributed by atoms with Crippen LogP contribution in [0.5, 0.6) is 0 Å². The average Bonchev–Trinajstić information content (AvgIpc) is 3.00. The van der Waals surface area contributed by atoms with Crippen LogP contribution in [0.25, 0.3) is 0 Å². The molecule has 2 aliphatic heterocycles. The average molecular weight is 381 g/mol. The van der Waals surface area contributed by atoms with Gasteiger partial charge in [-0.25, -0.2) is 13.4 Å². The Morgan fingerprint density at radius 3 is 2.65 bits per heavy atom. The van der Waals surface area contributed by atoms with Crippen molar-refractivity contribution in [1.29, 1.82) is 0 Å². The minimum Gasteiger partial charge on any atom is -0.353 e. The quantitative estimate of drug-likeness (QED) is 0.743. The highest BCUT2D eigenvalue weighted by atomic mass is 32.2. The minimum absolute atomic E-state index is 0.0526. The molecule has 26 heavy (non-hydrogen) atoms. The van der Waals surface area contributed by atoms with Crippen LogP contribution in [-0.2, 0) is 14.6 Å². The molecule has 7 nitrogen and oxygen atoms in total. The molecule has 3 rings (SSSR count). The van der Waals surface area contributed by atoms with Gasteiger partial charge in [-0.05, 0) is 32.0 Å². The van der Waals surface area contributed by atoms with E-state index < -0.39 is 9.84 Å². The van der Waals surface area contributed by atoms with Crippen LogP contribution in [0.2, 0.25) is 0 Å². The number of carbonyl (C=O) groups excluding carboxylic acids is 1. The van der Waals surface area contributed by atoms with Gasteiger partial charge in [-0.15, -0.1) is 0 Å². The normalized spacial score (nSPS) is 22.8. The van der Waals surface area contributed by atoms with Gasteiger partial charge in [0.1, 0.15) is 5.82 Å². The summed E-state index contributed by atoms with van der Waals surface area (Å²) in [5, 5.41) is 0. The second kappa shape index (κ2) is 7.92. The molecule has 3 heterocycles. The van der Waals surface area contributed by atoms with Crippen molar-refractivity contribution in [3.63, 3.8) is 0 Å². The van der Waals surface area contributed by atoms with E-state index in [1.165, 1.54) is 0 Å². The van der Waals surface area contributed by atoms with Crippen LogP contribution in [0.15, 0.2) is 18.3 Å². The Morgan fingerprint density at radius 1 is 1.31 bits per heavy atom. The molecule has 2 saturated heterocycles. The summed E-state index contributed by atoms with van der Waals surface area (Å²) in [4.78, 5) is 23.1. The highest BCUT2D eigenvalue weighted by Gasteiger charge is 2.31. The molecule has 1 aromatic heterocycles. The number of carbonyl (C=O) groups is 1. The molecular weight excluding hydrogens is 352 g/mol. The zero-order valence-electron chi connectivity index (χ0n) is 15.6. The number of piperazine rings is 1. The van der Waals surface area contributed by atoms with Crippen molar-refractivity contribution in [3.8, 4) is 0 Å².